The molecule has 0 saturated heterocycles. The van der Waals surface area contributed by atoms with Gasteiger partial charge in [-0.2, -0.15) is 0 Å². The number of para-hydroxylation sites is 2. The summed E-state index contributed by atoms with van der Waals surface area (Å²) in [6.07, 6.45) is 0. The van der Waals surface area contributed by atoms with E-state index in [1.54, 1.807) is 0 Å². The molecule has 0 saturated carbocycles. The topological polar surface area (TPSA) is 122 Å². The van der Waals surface area contributed by atoms with Crippen molar-refractivity contribution < 1.29 is 25.2 Å². The Morgan fingerprint density at radius 3 is 1.55 bits per heavy atom. The zero-order chi connectivity index (χ0) is 14.7. The zero-order valence-corrected chi connectivity index (χ0v) is 10.2. The second kappa shape index (κ2) is 5.27. The van der Waals surface area contributed by atoms with Gasteiger partial charge < -0.3 is 31.1 Å². The van der Waals surface area contributed by atoms with Crippen molar-refractivity contribution in [2.75, 3.05) is 10.6 Å². The van der Waals surface area contributed by atoms with Gasteiger partial charge >= 0.3 is 6.03 Å². The molecule has 20 heavy (non-hydrogen) atoms. The maximum absolute atomic E-state index is 11.7. The number of hydrogen-bond donors (Lipinski definition) is 6. The Labute approximate surface area is 113 Å². The average molecular weight is 276 g/mol. The summed E-state index contributed by atoms with van der Waals surface area (Å²) < 4.78 is 0. The van der Waals surface area contributed by atoms with Crippen molar-refractivity contribution in [3.05, 3.63) is 36.4 Å². The summed E-state index contributed by atoms with van der Waals surface area (Å²) in [4.78, 5) is 11.7. The Balaban J connectivity index is 2.13. The fourth-order valence-electron chi connectivity index (χ4n) is 1.54. The molecule has 2 rings (SSSR count). The highest BCUT2D eigenvalue weighted by molar-refractivity contribution is 6.01. The quantitative estimate of drug-likeness (QED) is 0.469. The maximum atomic E-state index is 11.7. The number of carbonyl (C=O) groups excluding carboxylic acids is 1. The number of phenols is 4. The van der Waals surface area contributed by atoms with Crippen LogP contribution in [0, 0.1) is 0 Å². The van der Waals surface area contributed by atoms with Crippen molar-refractivity contribution in [1.29, 1.82) is 0 Å². The monoisotopic (exact) mass is 276 g/mol. The minimum Gasteiger partial charge on any atom is -0.504 e. The first kappa shape index (κ1) is 13.3. The van der Waals surface area contributed by atoms with Crippen LogP contribution in [-0.2, 0) is 0 Å². The van der Waals surface area contributed by atoms with Gasteiger partial charge in [-0.05, 0) is 24.3 Å². The number of anilines is 2. The molecule has 7 heteroatoms. The summed E-state index contributed by atoms with van der Waals surface area (Å²) in [5.74, 6) is -1.68. The fraction of sp³-hybridized carbons (Fsp3) is 0. The van der Waals surface area contributed by atoms with Crippen LogP contribution >= 0.6 is 0 Å². The second-order valence-corrected chi connectivity index (χ2v) is 3.93. The largest absolute Gasteiger partial charge is 0.504 e. The molecule has 0 heterocycles. The summed E-state index contributed by atoms with van der Waals surface area (Å²) in [6, 6.07) is 7.42. The van der Waals surface area contributed by atoms with Gasteiger partial charge in [-0.3, -0.25) is 0 Å². The van der Waals surface area contributed by atoms with Gasteiger partial charge in [0.05, 0.1) is 11.4 Å². The lowest BCUT2D eigenvalue weighted by molar-refractivity contribution is 0.262. The van der Waals surface area contributed by atoms with E-state index in [0.717, 1.165) is 0 Å². The van der Waals surface area contributed by atoms with Gasteiger partial charge in [0.2, 0.25) is 0 Å². The number of hydrogen-bond acceptors (Lipinski definition) is 5. The van der Waals surface area contributed by atoms with E-state index in [9.17, 15) is 25.2 Å². The van der Waals surface area contributed by atoms with Crippen LogP contribution in [0.4, 0.5) is 16.2 Å². The smallest absolute Gasteiger partial charge is 0.323 e. The normalized spacial score (nSPS) is 10.0. The Morgan fingerprint density at radius 2 is 1.15 bits per heavy atom. The second-order valence-electron chi connectivity index (χ2n) is 3.93. The van der Waals surface area contributed by atoms with E-state index in [0.29, 0.717) is 0 Å². The van der Waals surface area contributed by atoms with Crippen molar-refractivity contribution in [2.45, 2.75) is 0 Å². The number of amides is 2. The number of rotatable bonds is 2. The molecule has 0 aliphatic heterocycles. The number of aromatic hydroxyl groups is 4. The van der Waals surface area contributed by atoms with Crippen LogP contribution in [0.3, 0.4) is 0 Å². The van der Waals surface area contributed by atoms with E-state index in [2.05, 4.69) is 10.6 Å². The van der Waals surface area contributed by atoms with Crippen LogP contribution in [0.1, 0.15) is 0 Å². The Bertz CT molecular complexity index is 602. The first-order chi connectivity index (χ1) is 9.49. The van der Waals surface area contributed by atoms with E-state index < -0.39 is 17.5 Å². The molecule has 0 atom stereocenters. The van der Waals surface area contributed by atoms with Crippen LogP contribution in [0.25, 0.3) is 0 Å². The highest BCUT2D eigenvalue weighted by atomic mass is 16.3. The lowest BCUT2D eigenvalue weighted by atomic mass is 10.2. The van der Waals surface area contributed by atoms with Crippen LogP contribution in [-0.4, -0.2) is 26.5 Å². The molecule has 0 aromatic heterocycles. The fourth-order valence-corrected chi connectivity index (χ4v) is 1.54. The highest BCUT2D eigenvalue weighted by Crippen LogP contribution is 2.34. The molecule has 2 aromatic rings. The molecule has 0 unspecified atom stereocenters. The summed E-state index contributed by atoms with van der Waals surface area (Å²) in [6.45, 7) is 0. The molecule has 0 aliphatic rings. The van der Waals surface area contributed by atoms with Gasteiger partial charge in [-0.1, -0.05) is 12.1 Å². The Morgan fingerprint density at radius 1 is 0.750 bits per heavy atom. The lowest BCUT2D eigenvalue weighted by Gasteiger charge is -2.11. The van der Waals surface area contributed by atoms with Crippen LogP contribution < -0.4 is 10.6 Å². The van der Waals surface area contributed by atoms with E-state index in [1.165, 1.54) is 36.4 Å². The van der Waals surface area contributed by atoms with Gasteiger partial charge in [0.15, 0.2) is 23.0 Å². The standard InChI is InChI=1S/C13H12N2O5/c16-9-5-1-3-7(11(9)18)14-13(20)15-8-4-2-6-10(17)12(8)19/h1-6,16-19H,(H2,14,15,20). The van der Waals surface area contributed by atoms with Crippen molar-refractivity contribution in [3.63, 3.8) is 0 Å². The SMILES string of the molecule is O=C(Nc1cccc(O)c1O)Nc1cccc(O)c1O. The van der Waals surface area contributed by atoms with Crippen molar-refractivity contribution in [1.82, 2.24) is 0 Å². The van der Waals surface area contributed by atoms with Crippen molar-refractivity contribution >= 4 is 17.4 Å². The van der Waals surface area contributed by atoms with Crippen molar-refractivity contribution in [2.24, 2.45) is 0 Å². The number of benzene rings is 2. The number of urea groups is 1. The molecule has 2 amide bonds. The molecule has 7 nitrogen and oxygen atoms in total. The third kappa shape index (κ3) is 2.66. The number of nitrogens with one attached hydrogen (secondary N) is 2. The van der Waals surface area contributed by atoms with Gasteiger partial charge in [0.1, 0.15) is 0 Å². The molecule has 0 bridgehead atoms. The van der Waals surface area contributed by atoms with E-state index >= 15 is 0 Å². The Kier molecular flexibility index (Phi) is 3.52. The minimum atomic E-state index is -0.758. The minimum absolute atomic E-state index is 0.00198. The molecule has 0 spiro atoms. The summed E-state index contributed by atoms with van der Waals surface area (Å²) in [5.41, 5.74) is 0.00397. The predicted octanol–water partition coefficient (Wildman–Crippen LogP) is 2.15. The van der Waals surface area contributed by atoms with Gasteiger partial charge in [0.25, 0.3) is 0 Å². The third-order valence-electron chi connectivity index (χ3n) is 2.53. The molecule has 0 aliphatic carbocycles. The lowest BCUT2D eigenvalue weighted by Crippen LogP contribution is -2.19. The van der Waals surface area contributed by atoms with E-state index in [-0.39, 0.29) is 22.9 Å². The van der Waals surface area contributed by atoms with Crippen LogP contribution in [0.2, 0.25) is 0 Å². The first-order valence-electron chi connectivity index (χ1n) is 5.59. The number of phenolic OH excluding ortho intramolecular Hbond substituents is 4. The predicted molar refractivity (Wildman–Crippen MR) is 72.2 cm³/mol. The number of carbonyl (C=O) groups is 1. The van der Waals surface area contributed by atoms with Gasteiger partial charge in [0, 0.05) is 0 Å². The molecule has 0 radical (unpaired) electrons. The molecular weight excluding hydrogens is 264 g/mol. The molecule has 2 aromatic carbocycles. The van der Waals surface area contributed by atoms with Crippen LogP contribution in [0.5, 0.6) is 23.0 Å². The third-order valence-corrected chi connectivity index (χ3v) is 2.53. The van der Waals surface area contributed by atoms with Crippen LogP contribution in [0.15, 0.2) is 36.4 Å². The molecular formula is C13H12N2O5. The maximum Gasteiger partial charge on any atom is 0.323 e. The molecule has 6 N–H and O–H groups in total. The summed E-state index contributed by atoms with van der Waals surface area (Å²) in [7, 11) is 0. The molecule has 0 fully saturated rings. The molecule has 104 valence electrons. The van der Waals surface area contributed by atoms with Gasteiger partial charge in [-0.15, -0.1) is 0 Å². The zero-order valence-electron chi connectivity index (χ0n) is 10.2. The summed E-state index contributed by atoms with van der Waals surface area (Å²) >= 11 is 0. The van der Waals surface area contributed by atoms with E-state index in [4.69, 9.17) is 0 Å². The summed E-state index contributed by atoms with van der Waals surface area (Å²) in [5, 5.41) is 42.2. The van der Waals surface area contributed by atoms with Crippen molar-refractivity contribution in [3.8, 4) is 23.0 Å². The average Bonchev–Trinajstić information content (AvgIpc) is 2.40. The Hall–Kier alpha value is -3.09. The van der Waals surface area contributed by atoms with Gasteiger partial charge in [-0.25, -0.2) is 4.79 Å². The highest BCUT2D eigenvalue weighted by Gasteiger charge is 2.12. The first-order valence-corrected chi connectivity index (χ1v) is 5.59. The van der Waals surface area contributed by atoms with E-state index in [1.807, 2.05) is 0 Å².